The Labute approximate surface area is 86.6 Å². The fourth-order valence-corrected chi connectivity index (χ4v) is 1.63. The van der Waals surface area contributed by atoms with Crippen LogP contribution in [0, 0.1) is 0 Å². The molecule has 14 heavy (non-hydrogen) atoms. The van der Waals surface area contributed by atoms with Gasteiger partial charge in [0.2, 0.25) is 0 Å². The third kappa shape index (κ3) is 3.92. The number of methoxy groups -OCH3 is 2. The summed E-state index contributed by atoms with van der Waals surface area (Å²) in [6.07, 6.45) is 1.11. The maximum absolute atomic E-state index is 5.10. The van der Waals surface area contributed by atoms with E-state index >= 15 is 0 Å². The second-order valence-electron chi connectivity index (χ2n) is 3.69. The highest BCUT2D eigenvalue weighted by Crippen LogP contribution is 2.05. The van der Waals surface area contributed by atoms with E-state index in [1.165, 1.54) is 0 Å². The third-order valence-electron chi connectivity index (χ3n) is 2.65. The van der Waals surface area contributed by atoms with Crippen LogP contribution in [0.2, 0.25) is 0 Å². The van der Waals surface area contributed by atoms with Crippen molar-refractivity contribution >= 4 is 0 Å². The fourth-order valence-electron chi connectivity index (χ4n) is 1.63. The van der Waals surface area contributed by atoms with E-state index in [4.69, 9.17) is 9.47 Å². The Morgan fingerprint density at radius 3 is 2.36 bits per heavy atom. The molecule has 4 heteroatoms. The lowest BCUT2D eigenvalue weighted by molar-refractivity contribution is 0.0855. The van der Waals surface area contributed by atoms with Gasteiger partial charge < -0.3 is 14.8 Å². The van der Waals surface area contributed by atoms with Gasteiger partial charge in [0.15, 0.2) is 0 Å². The number of hydrogen-bond acceptors (Lipinski definition) is 4. The quantitative estimate of drug-likeness (QED) is 0.559. The smallest absolute Gasteiger partial charge is 0.0589 e. The average Bonchev–Trinajstić information content (AvgIpc) is 2.11. The highest BCUT2D eigenvalue weighted by Gasteiger charge is 2.23. The molecular formula is C10H22N2O2. The summed E-state index contributed by atoms with van der Waals surface area (Å²) in [5.74, 6) is 0. The molecule has 1 saturated heterocycles. The Balaban J connectivity index is 2.14. The molecule has 1 N–H and O–H groups in total. The summed E-state index contributed by atoms with van der Waals surface area (Å²) in [5, 5.41) is 3.29. The van der Waals surface area contributed by atoms with Crippen molar-refractivity contribution in [2.24, 2.45) is 0 Å². The van der Waals surface area contributed by atoms with E-state index in [0.717, 1.165) is 45.8 Å². The Kier molecular flexibility index (Phi) is 6.10. The predicted octanol–water partition coefficient (Wildman–Crippen LogP) is -0.0569. The molecule has 0 aromatic rings. The van der Waals surface area contributed by atoms with Crippen molar-refractivity contribution in [1.82, 2.24) is 10.2 Å². The van der Waals surface area contributed by atoms with Crippen LogP contribution >= 0.6 is 0 Å². The minimum atomic E-state index is 0.710. The van der Waals surface area contributed by atoms with Gasteiger partial charge in [-0.25, -0.2) is 0 Å². The molecular weight excluding hydrogens is 180 g/mol. The first kappa shape index (κ1) is 11.9. The number of nitrogens with one attached hydrogen (secondary N) is 1. The molecule has 4 nitrogen and oxygen atoms in total. The molecule has 0 aromatic heterocycles. The Bertz CT molecular complexity index is 140. The van der Waals surface area contributed by atoms with Gasteiger partial charge in [0.05, 0.1) is 6.61 Å². The SMILES string of the molecule is COCCCN(CCOC)C1CNC1. The molecule has 1 aliphatic heterocycles. The summed E-state index contributed by atoms with van der Waals surface area (Å²) in [5.41, 5.74) is 0. The van der Waals surface area contributed by atoms with Crippen molar-refractivity contribution in [2.45, 2.75) is 12.5 Å². The van der Waals surface area contributed by atoms with Crippen molar-refractivity contribution in [3.05, 3.63) is 0 Å². The molecule has 0 unspecified atom stereocenters. The average molecular weight is 202 g/mol. The van der Waals surface area contributed by atoms with Gasteiger partial charge in [0.25, 0.3) is 0 Å². The highest BCUT2D eigenvalue weighted by atomic mass is 16.5. The first-order valence-electron chi connectivity index (χ1n) is 5.31. The van der Waals surface area contributed by atoms with Gasteiger partial charge in [0, 0.05) is 53.0 Å². The molecule has 0 bridgehead atoms. The number of hydrogen-bond donors (Lipinski definition) is 1. The maximum Gasteiger partial charge on any atom is 0.0589 e. The van der Waals surface area contributed by atoms with Crippen LogP contribution in [-0.4, -0.2) is 64.6 Å². The Morgan fingerprint density at radius 2 is 1.86 bits per heavy atom. The van der Waals surface area contributed by atoms with Crippen LogP contribution in [0.15, 0.2) is 0 Å². The van der Waals surface area contributed by atoms with Crippen molar-refractivity contribution in [1.29, 1.82) is 0 Å². The number of rotatable bonds is 8. The van der Waals surface area contributed by atoms with E-state index in [1.807, 2.05) is 0 Å². The van der Waals surface area contributed by atoms with Crippen LogP contribution in [0.25, 0.3) is 0 Å². The predicted molar refractivity (Wildman–Crippen MR) is 56.6 cm³/mol. The van der Waals surface area contributed by atoms with Gasteiger partial charge in [-0.15, -0.1) is 0 Å². The van der Waals surface area contributed by atoms with E-state index in [2.05, 4.69) is 10.2 Å². The maximum atomic E-state index is 5.10. The van der Waals surface area contributed by atoms with Crippen molar-refractivity contribution in [2.75, 3.05) is 53.6 Å². The van der Waals surface area contributed by atoms with Crippen LogP contribution in [-0.2, 0) is 9.47 Å². The van der Waals surface area contributed by atoms with Crippen LogP contribution in [0.1, 0.15) is 6.42 Å². The van der Waals surface area contributed by atoms with Gasteiger partial charge in [0.1, 0.15) is 0 Å². The van der Waals surface area contributed by atoms with E-state index in [-0.39, 0.29) is 0 Å². The Morgan fingerprint density at radius 1 is 1.14 bits per heavy atom. The second-order valence-corrected chi connectivity index (χ2v) is 3.69. The molecule has 1 rings (SSSR count). The molecule has 1 fully saturated rings. The van der Waals surface area contributed by atoms with Crippen molar-refractivity contribution < 1.29 is 9.47 Å². The molecule has 0 radical (unpaired) electrons. The first-order chi connectivity index (χ1) is 6.88. The van der Waals surface area contributed by atoms with E-state index in [1.54, 1.807) is 14.2 Å². The molecule has 0 atom stereocenters. The van der Waals surface area contributed by atoms with E-state index in [0.29, 0.717) is 6.04 Å². The summed E-state index contributed by atoms with van der Waals surface area (Å²) < 4.78 is 10.2. The summed E-state index contributed by atoms with van der Waals surface area (Å²) in [6.45, 7) is 6.07. The highest BCUT2D eigenvalue weighted by molar-refractivity contribution is 4.84. The third-order valence-corrected chi connectivity index (χ3v) is 2.65. The summed E-state index contributed by atoms with van der Waals surface area (Å²) in [6, 6.07) is 0.710. The molecule has 0 spiro atoms. The summed E-state index contributed by atoms with van der Waals surface area (Å²) in [7, 11) is 3.51. The van der Waals surface area contributed by atoms with E-state index < -0.39 is 0 Å². The Hall–Kier alpha value is -0.160. The standard InChI is InChI=1S/C10H22N2O2/c1-13-6-3-4-12(5-7-14-2)10-8-11-9-10/h10-11H,3-9H2,1-2H3. The monoisotopic (exact) mass is 202 g/mol. The number of nitrogens with zero attached hydrogens (tertiary/aromatic N) is 1. The minimum Gasteiger partial charge on any atom is -0.385 e. The van der Waals surface area contributed by atoms with E-state index in [9.17, 15) is 0 Å². The fraction of sp³-hybridized carbons (Fsp3) is 1.00. The van der Waals surface area contributed by atoms with Gasteiger partial charge >= 0.3 is 0 Å². The van der Waals surface area contributed by atoms with Crippen LogP contribution in [0.4, 0.5) is 0 Å². The molecule has 84 valence electrons. The summed E-state index contributed by atoms with van der Waals surface area (Å²) in [4.78, 5) is 2.49. The van der Waals surface area contributed by atoms with Gasteiger partial charge in [-0.05, 0) is 6.42 Å². The van der Waals surface area contributed by atoms with Crippen LogP contribution in [0.3, 0.4) is 0 Å². The van der Waals surface area contributed by atoms with Crippen molar-refractivity contribution in [3.8, 4) is 0 Å². The van der Waals surface area contributed by atoms with Gasteiger partial charge in [-0.1, -0.05) is 0 Å². The van der Waals surface area contributed by atoms with Crippen LogP contribution < -0.4 is 5.32 Å². The van der Waals surface area contributed by atoms with Gasteiger partial charge in [-0.3, -0.25) is 4.90 Å². The van der Waals surface area contributed by atoms with Gasteiger partial charge in [-0.2, -0.15) is 0 Å². The normalized spacial score (nSPS) is 17.4. The minimum absolute atomic E-state index is 0.710. The zero-order valence-electron chi connectivity index (χ0n) is 9.29. The zero-order valence-corrected chi connectivity index (χ0v) is 9.29. The lowest BCUT2D eigenvalue weighted by atomic mass is 10.1. The molecule has 0 saturated carbocycles. The first-order valence-corrected chi connectivity index (χ1v) is 5.31. The largest absolute Gasteiger partial charge is 0.385 e. The van der Waals surface area contributed by atoms with Crippen LogP contribution in [0.5, 0.6) is 0 Å². The molecule has 0 aliphatic carbocycles. The molecule has 1 heterocycles. The molecule has 0 amide bonds. The topological polar surface area (TPSA) is 33.7 Å². The number of ether oxygens (including phenoxy) is 2. The molecule has 1 aliphatic rings. The zero-order chi connectivity index (χ0) is 10.2. The molecule has 0 aromatic carbocycles. The summed E-state index contributed by atoms with van der Waals surface area (Å²) >= 11 is 0. The van der Waals surface area contributed by atoms with Crippen molar-refractivity contribution in [3.63, 3.8) is 0 Å². The lowest BCUT2D eigenvalue weighted by Gasteiger charge is -2.38. The second kappa shape index (κ2) is 7.17. The lowest BCUT2D eigenvalue weighted by Crippen LogP contribution is -2.58.